The van der Waals surface area contributed by atoms with Gasteiger partial charge in [-0.1, -0.05) is 17.7 Å². The van der Waals surface area contributed by atoms with Gasteiger partial charge in [-0.3, -0.25) is 9.78 Å². The average Bonchev–Trinajstić information content (AvgIpc) is 3.10. The van der Waals surface area contributed by atoms with E-state index in [9.17, 15) is 31.5 Å². The third-order valence-corrected chi connectivity index (χ3v) is 8.74. The van der Waals surface area contributed by atoms with Crippen LogP contribution in [0.1, 0.15) is 26.2 Å². The van der Waals surface area contributed by atoms with Crippen molar-refractivity contribution in [1.82, 2.24) is 9.88 Å². The molecule has 3 aromatic rings. The molecule has 0 saturated carbocycles. The molecule has 4 rings (SSSR count). The van der Waals surface area contributed by atoms with Gasteiger partial charge in [0.25, 0.3) is 5.91 Å². The molecular weight excluding hydrogens is 583 g/mol. The molecule has 1 aliphatic heterocycles. The van der Waals surface area contributed by atoms with E-state index in [1.165, 1.54) is 24.3 Å². The fourth-order valence-corrected chi connectivity index (χ4v) is 6.46. The first-order valence-electron chi connectivity index (χ1n) is 12.7. The minimum atomic E-state index is -4.72. The second-order valence-electron chi connectivity index (χ2n) is 9.95. The Hall–Kier alpha value is -3.35. The SMILES string of the molecule is COc1cc(NC(C)CCCN2C(=O)C(CC(F)(F)F)=CC2(O)CS(=O)(=O)c2ccc(Cl)cc2)c2ncccc2c1. The first-order chi connectivity index (χ1) is 19.2. The number of fused-ring (bicyclic) bond motifs is 1. The van der Waals surface area contributed by atoms with E-state index < -0.39 is 45.4 Å². The first kappa shape index (κ1) is 30.6. The molecule has 220 valence electrons. The highest BCUT2D eigenvalue weighted by molar-refractivity contribution is 7.91. The summed E-state index contributed by atoms with van der Waals surface area (Å²) in [7, 11) is -2.66. The summed E-state index contributed by atoms with van der Waals surface area (Å²) in [4.78, 5) is 18.0. The van der Waals surface area contributed by atoms with Crippen LogP contribution in [0, 0.1) is 0 Å². The van der Waals surface area contributed by atoms with Crippen molar-refractivity contribution in [1.29, 1.82) is 0 Å². The number of alkyl halides is 3. The summed E-state index contributed by atoms with van der Waals surface area (Å²) in [6.45, 7) is 1.71. The summed E-state index contributed by atoms with van der Waals surface area (Å²) in [5, 5.41) is 15.8. The van der Waals surface area contributed by atoms with Gasteiger partial charge in [0.1, 0.15) is 11.5 Å². The van der Waals surface area contributed by atoms with Gasteiger partial charge in [0, 0.05) is 40.8 Å². The molecule has 2 aromatic carbocycles. The smallest absolute Gasteiger partial charge is 0.393 e. The highest BCUT2D eigenvalue weighted by Crippen LogP contribution is 2.36. The van der Waals surface area contributed by atoms with E-state index in [1.807, 2.05) is 19.1 Å². The second kappa shape index (κ2) is 11.9. The lowest BCUT2D eigenvalue weighted by Gasteiger charge is -2.33. The molecule has 0 aliphatic carbocycles. The predicted octanol–water partition coefficient (Wildman–Crippen LogP) is 5.36. The number of aromatic nitrogens is 1. The third kappa shape index (κ3) is 7.30. The summed E-state index contributed by atoms with van der Waals surface area (Å²) in [6.07, 6.45) is -3.24. The Morgan fingerprint density at radius 2 is 1.90 bits per heavy atom. The highest BCUT2D eigenvalue weighted by Gasteiger charge is 2.48. The zero-order valence-corrected chi connectivity index (χ0v) is 23.9. The number of carbonyl (C=O) groups is 1. The third-order valence-electron chi connectivity index (χ3n) is 6.69. The minimum Gasteiger partial charge on any atom is -0.497 e. The van der Waals surface area contributed by atoms with Crippen LogP contribution in [-0.4, -0.2) is 66.7 Å². The molecule has 13 heteroatoms. The largest absolute Gasteiger partial charge is 0.497 e. The predicted molar refractivity (Wildman–Crippen MR) is 150 cm³/mol. The van der Waals surface area contributed by atoms with Gasteiger partial charge >= 0.3 is 6.18 Å². The molecule has 0 bridgehead atoms. The average molecular weight is 612 g/mol. The van der Waals surface area contributed by atoms with Crippen molar-refractivity contribution in [3.63, 3.8) is 0 Å². The molecule has 2 atom stereocenters. The van der Waals surface area contributed by atoms with E-state index in [0.29, 0.717) is 23.9 Å². The van der Waals surface area contributed by atoms with Crippen molar-refractivity contribution in [3.05, 3.63) is 71.4 Å². The first-order valence-corrected chi connectivity index (χ1v) is 14.7. The molecule has 0 radical (unpaired) electrons. The molecule has 41 heavy (non-hydrogen) atoms. The molecule has 2 heterocycles. The lowest BCUT2D eigenvalue weighted by Crippen LogP contribution is -2.51. The van der Waals surface area contributed by atoms with Gasteiger partial charge in [0.2, 0.25) is 0 Å². The van der Waals surface area contributed by atoms with E-state index in [0.717, 1.165) is 15.8 Å². The topological polar surface area (TPSA) is 109 Å². The number of aliphatic hydroxyl groups is 1. The van der Waals surface area contributed by atoms with Gasteiger partial charge in [-0.2, -0.15) is 13.2 Å². The standard InChI is InChI=1S/C28H29ClF3N3O5S/c1-18(34-24-14-22(40-2)13-19-6-3-11-33-25(19)24)5-4-12-35-26(36)20(16-28(30,31)32)15-27(35,37)17-41(38,39)23-9-7-21(29)8-10-23/h3,6-11,13-15,18,34,37H,4-5,12,16-17H2,1-2H3. The van der Waals surface area contributed by atoms with Crippen LogP contribution in [0.2, 0.25) is 5.02 Å². The Morgan fingerprint density at radius 1 is 1.20 bits per heavy atom. The molecule has 0 saturated heterocycles. The van der Waals surface area contributed by atoms with Gasteiger partial charge < -0.3 is 20.1 Å². The number of nitrogens with one attached hydrogen (secondary N) is 1. The summed E-state index contributed by atoms with van der Waals surface area (Å²) in [6, 6.07) is 12.3. The van der Waals surface area contributed by atoms with Crippen molar-refractivity contribution in [2.24, 2.45) is 0 Å². The van der Waals surface area contributed by atoms with Crippen LogP contribution < -0.4 is 10.1 Å². The number of sulfone groups is 1. The number of rotatable bonds is 11. The fourth-order valence-electron chi connectivity index (χ4n) is 4.82. The highest BCUT2D eigenvalue weighted by atomic mass is 35.5. The van der Waals surface area contributed by atoms with E-state index in [4.69, 9.17) is 16.3 Å². The maximum Gasteiger partial charge on any atom is 0.393 e. The Balaban J connectivity index is 1.50. The summed E-state index contributed by atoms with van der Waals surface area (Å²) < 4.78 is 71.1. The maximum atomic E-state index is 13.2. The van der Waals surface area contributed by atoms with Crippen LogP contribution in [0.15, 0.2) is 71.3 Å². The van der Waals surface area contributed by atoms with E-state index in [1.54, 1.807) is 25.4 Å². The summed E-state index contributed by atoms with van der Waals surface area (Å²) in [5.74, 6) is -1.44. The molecule has 0 spiro atoms. The normalized spacial score (nSPS) is 18.5. The van der Waals surface area contributed by atoms with Crippen molar-refractivity contribution in [3.8, 4) is 5.75 Å². The Morgan fingerprint density at radius 3 is 2.56 bits per heavy atom. The Kier molecular flexibility index (Phi) is 8.86. The zero-order chi connectivity index (χ0) is 30.0. The number of hydrogen-bond donors (Lipinski definition) is 2. The molecule has 2 N–H and O–H groups in total. The molecule has 0 fully saturated rings. The van der Waals surface area contributed by atoms with Crippen LogP contribution in [0.4, 0.5) is 18.9 Å². The van der Waals surface area contributed by atoms with Gasteiger partial charge in [-0.05, 0) is 62.2 Å². The second-order valence-corrected chi connectivity index (χ2v) is 12.4. The van der Waals surface area contributed by atoms with Crippen LogP contribution in [-0.2, 0) is 14.6 Å². The number of pyridine rings is 1. The molecule has 1 amide bonds. The Bertz CT molecular complexity index is 1560. The van der Waals surface area contributed by atoms with Gasteiger partial charge in [0.15, 0.2) is 15.6 Å². The van der Waals surface area contributed by atoms with E-state index >= 15 is 0 Å². The summed E-state index contributed by atoms with van der Waals surface area (Å²) >= 11 is 5.83. The number of carbonyl (C=O) groups excluding carboxylic acids is 1. The summed E-state index contributed by atoms with van der Waals surface area (Å²) in [5.41, 5.74) is -1.73. The molecule has 8 nitrogen and oxygen atoms in total. The van der Waals surface area contributed by atoms with Crippen molar-refractivity contribution in [2.45, 2.75) is 49.0 Å². The number of halogens is 4. The van der Waals surface area contributed by atoms with Gasteiger partial charge in [0.05, 0.1) is 29.6 Å². The van der Waals surface area contributed by atoms with Crippen LogP contribution in [0.5, 0.6) is 5.75 Å². The van der Waals surface area contributed by atoms with Gasteiger partial charge in [-0.25, -0.2) is 8.42 Å². The van der Waals surface area contributed by atoms with E-state index in [-0.39, 0.29) is 28.9 Å². The number of anilines is 1. The number of nitrogens with zero attached hydrogens (tertiary/aromatic N) is 2. The van der Waals surface area contributed by atoms with E-state index in [2.05, 4.69) is 10.3 Å². The lowest BCUT2D eigenvalue weighted by molar-refractivity contribution is -0.145. The monoisotopic (exact) mass is 611 g/mol. The van der Waals surface area contributed by atoms with Crippen LogP contribution >= 0.6 is 11.6 Å². The van der Waals surface area contributed by atoms with Crippen molar-refractivity contribution >= 4 is 43.9 Å². The number of amides is 1. The van der Waals surface area contributed by atoms with Crippen molar-refractivity contribution in [2.75, 3.05) is 24.7 Å². The molecule has 2 unspecified atom stereocenters. The lowest BCUT2D eigenvalue weighted by atomic mass is 10.1. The number of ether oxygens (including phenoxy) is 1. The van der Waals surface area contributed by atoms with Crippen LogP contribution in [0.3, 0.4) is 0 Å². The number of hydrogen-bond acceptors (Lipinski definition) is 7. The minimum absolute atomic E-state index is 0.174. The molecule has 1 aliphatic rings. The molecule has 1 aromatic heterocycles. The maximum absolute atomic E-state index is 13.2. The Labute approximate surface area is 240 Å². The number of benzene rings is 2. The quantitative estimate of drug-likeness (QED) is 0.300. The zero-order valence-electron chi connectivity index (χ0n) is 22.3. The fraction of sp³-hybridized carbons (Fsp3) is 0.357. The van der Waals surface area contributed by atoms with Crippen LogP contribution in [0.25, 0.3) is 10.9 Å². The molecular formula is C28H29ClF3N3O5S. The van der Waals surface area contributed by atoms with Gasteiger partial charge in [-0.15, -0.1) is 0 Å². The van der Waals surface area contributed by atoms with Crippen molar-refractivity contribution < 1.29 is 36.2 Å². The number of methoxy groups -OCH3 is 1.